The summed E-state index contributed by atoms with van der Waals surface area (Å²) >= 11 is 10.6. The number of carbonyl (C=O) groups excluding carboxylic acids is 2. The summed E-state index contributed by atoms with van der Waals surface area (Å²) in [5.74, 6) is -0.706. The lowest BCUT2D eigenvalue weighted by molar-refractivity contribution is -0.117. The molecule has 0 saturated carbocycles. The molecule has 142 valence electrons. The van der Waals surface area contributed by atoms with Crippen LogP contribution in [0.1, 0.15) is 5.56 Å². The first-order valence-electron chi connectivity index (χ1n) is 8.31. The van der Waals surface area contributed by atoms with Gasteiger partial charge in [-0.05, 0) is 48.4 Å². The van der Waals surface area contributed by atoms with Gasteiger partial charge in [-0.25, -0.2) is 0 Å². The van der Waals surface area contributed by atoms with Crippen LogP contribution in [0.25, 0.3) is 0 Å². The lowest BCUT2D eigenvalue weighted by Gasteiger charge is -2.18. The van der Waals surface area contributed by atoms with Gasteiger partial charge in [0.15, 0.2) is 0 Å². The zero-order valence-corrected chi connectivity index (χ0v) is 17.9. The van der Waals surface area contributed by atoms with Crippen molar-refractivity contribution in [1.29, 1.82) is 5.26 Å². The van der Waals surface area contributed by atoms with E-state index in [4.69, 9.17) is 11.6 Å². The zero-order valence-electron chi connectivity index (χ0n) is 14.8. The van der Waals surface area contributed by atoms with Crippen LogP contribution in [0.15, 0.2) is 63.6 Å². The molecule has 0 aromatic heterocycles. The predicted octanol–water partition coefficient (Wildman–Crippen LogP) is 4.27. The van der Waals surface area contributed by atoms with Gasteiger partial charge in [0, 0.05) is 22.2 Å². The molecule has 0 spiro atoms. The molecule has 8 heteroatoms. The molecule has 0 radical (unpaired) electrons. The number of nitriles is 1. The fourth-order valence-electron chi connectivity index (χ4n) is 2.77. The van der Waals surface area contributed by atoms with Gasteiger partial charge in [-0.2, -0.15) is 5.26 Å². The van der Waals surface area contributed by atoms with Gasteiger partial charge in [0.1, 0.15) is 16.7 Å². The van der Waals surface area contributed by atoms with Crippen LogP contribution in [0, 0.1) is 11.3 Å². The van der Waals surface area contributed by atoms with Gasteiger partial charge in [0.05, 0.1) is 5.25 Å². The van der Waals surface area contributed by atoms with Crippen molar-refractivity contribution in [3.8, 4) is 6.07 Å². The molecule has 2 aromatic carbocycles. The molecule has 1 saturated heterocycles. The Balaban J connectivity index is 2.03. The molecule has 2 aromatic rings. The SMILES string of the molecule is CNC(=O)C(C#N)=C1SC(Cc2ccc(Br)cc2)C(=O)N1c1ccc(Cl)cc1. The number of halogens is 2. The summed E-state index contributed by atoms with van der Waals surface area (Å²) in [6, 6.07) is 16.4. The van der Waals surface area contributed by atoms with Gasteiger partial charge in [0.25, 0.3) is 5.91 Å². The Morgan fingerprint density at radius 3 is 2.46 bits per heavy atom. The Hall–Kier alpha value is -2.27. The molecule has 1 heterocycles. The highest BCUT2D eigenvalue weighted by Gasteiger charge is 2.40. The molecule has 0 bridgehead atoms. The van der Waals surface area contributed by atoms with Gasteiger partial charge in [-0.15, -0.1) is 0 Å². The van der Waals surface area contributed by atoms with Crippen molar-refractivity contribution in [3.63, 3.8) is 0 Å². The van der Waals surface area contributed by atoms with E-state index in [0.717, 1.165) is 10.0 Å². The first-order chi connectivity index (χ1) is 13.4. The van der Waals surface area contributed by atoms with Crippen molar-refractivity contribution in [1.82, 2.24) is 5.32 Å². The Morgan fingerprint density at radius 2 is 1.89 bits per heavy atom. The van der Waals surface area contributed by atoms with E-state index >= 15 is 0 Å². The average Bonchev–Trinajstić information content (AvgIpc) is 3.00. The minimum atomic E-state index is -0.527. The number of hydrogen-bond acceptors (Lipinski definition) is 4. The summed E-state index contributed by atoms with van der Waals surface area (Å²) in [7, 11) is 1.45. The summed E-state index contributed by atoms with van der Waals surface area (Å²) in [6.45, 7) is 0. The van der Waals surface area contributed by atoms with Crippen molar-refractivity contribution < 1.29 is 9.59 Å². The van der Waals surface area contributed by atoms with Crippen molar-refractivity contribution in [2.45, 2.75) is 11.7 Å². The number of benzene rings is 2. The van der Waals surface area contributed by atoms with Crippen molar-refractivity contribution in [2.24, 2.45) is 0 Å². The van der Waals surface area contributed by atoms with Crippen LogP contribution in [0.4, 0.5) is 5.69 Å². The second kappa shape index (κ2) is 8.82. The maximum atomic E-state index is 13.2. The Morgan fingerprint density at radius 1 is 1.25 bits per heavy atom. The Kier molecular flexibility index (Phi) is 6.45. The fourth-order valence-corrected chi connectivity index (χ4v) is 4.47. The van der Waals surface area contributed by atoms with E-state index in [9.17, 15) is 14.9 Å². The van der Waals surface area contributed by atoms with Gasteiger partial charge in [0.2, 0.25) is 5.91 Å². The lowest BCUT2D eigenvalue weighted by atomic mass is 10.1. The number of thioether (sulfide) groups is 1. The molecule has 28 heavy (non-hydrogen) atoms. The maximum absolute atomic E-state index is 13.2. The van der Waals surface area contributed by atoms with E-state index in [0.29, 0.717) is 22.2 Å². The van der Waals surface area contributed by atoms with E-state index in [1.54, 1.807) is 24.3 Å². The number of nitrogens with zero attached hydrogens (tertiary/aromatic N) is 2. The summed E-state index contributed by atoms with van der Waals surface area (Å²) in [4.78, 5) is 26.8. The predicted molar refractivity (Wildman–Crippen MR) is 115 cm³/mol. The summed E-state index contributed by atoms with van der Waals surface area (Å²) in [5.41, 5.74) is 1.46. The molecule has 1 unspecified atom stereocenters. The third-order valence-electron chi connectivity index (χ3n) is 4.15. The van der Waals surface area contributed by atoms with Crippen molar-refractivity contribution in [3.05, 3.63) is 74.2 Å². The largest absolute Gasteiger partial charge is 0.354 e. The van der Waals surface area contributed by atoms with E-state index in [2.05, 4.69) is 21.2 Å². The quantitative estimate of drug-likeness (QED) is 0.528. The van der Waals surface area contributed by atoms with Crippen LogP contribution in [-0.2, 0) is 16.0 Å². The maximum Gasteiger partial charge on any atom is 0.264 e. The smallest absolute Gasteiger partial charge is 0.264 e. The topological polar surface area (TPSA) is 73.2 Å². The number of carbonyl (C=O) groups is 2. The normalized spacial score (nSPS) is 18.0. The molecule has 1 atom stereocenters. The van der Waals surface area contributed by atoms with Crippen LogP contribution >= 0.6 is 39.3 Å². The monoisotopic (exact) mass is 475 g/mol. The van der Waals surface area contributed by atoms with E-state index in [1.165, 1.54) is 23.7 Å². The van der Waals surface area contributed by atoms with Gasteiger partial charge < -0.3 is 5.32 Å². The second-order valence-corrected chi connectivity index (χ2v) is 8.50. The van der Waals surface area contributed by atoms with Crippen LogP contribution in [-0.4, -0.2) is 24.1 Å². The Bertz CT molecular complexity index is 984. The molecule has 2 amide bonds. The highest BCUT2D eigenvalue weighted by atomic mass is 79.9. The van der Waals surface area contributed by atoms with Crippen molar-refractivity contribution in [2.75, 3.05) is 11.9 Å². The summed E-state index contributed by atoms with van der Waals surface area (Å²) in [6.07, 6.45) is 0.483. The van der Waals surface area contributed by atoms with Gasteiger partial charge in [-0.3, -0.25) is 14.5 Å². The number of anilines is 1. The van der Waals surface area contributed by atoms with E-state index in [1.807, 2.05) is 30.3 Å². The molecular weight excluding hydrogens is 462 g/mol. The second-order valence-electron chi connectivity index (χ2n) is 5.96. The van der Waals surface area contributed by atoms with Crippen molar-refractivity contribution >= 4 is 56.8 Å². The number of amides is 2. The first kappa shape index (κ1) is 20.5. The minimum Gasteiger partial charge on any atom is -0.354 e. The molecule has 1 fully saturated rings. The standard InChI is InChI=1S/C20H15BrClN3O2S/c1-24-18(26)16(11-23)20-25(15-8-6-14(22)7-9-15)19(27)17(28-20)10-12-2-4-13(21)5-3-12/h2-9,17H,10H2,1H3,(H,24,26). The third-order valence-corrected chi connectivity index (χ3v) is 6.20. The fraction of sp³-hybridized carbons (Fsp3) is 0.150. The molecule has 1 aliphatic rings. The average molecular weight is 477 g/mol. The summed E-state index contributed by atoms with van der Waals surface area (Å²) < 4.78 is 0.955. The van der Waals surface area contributed by atoms with Crippen LogP contribution < -0.4 is 10.2 Å². The molecule has 1 aliphatic heterocycles. The highest BCUT2D eigenvalue weighted by molar-refractivity contribution is 9.10. The molecule has 5 nitrogen and oxygen atoms in total. The van der Waals surface area contributed by atoms with Gasteiger partial charge >= 0.3 is 0 Å². The number of likely N-dealkylation sites (N-methyl/N-ethyl adjacent to an activating group) is 1. The van der Waals surface area contributed by atoms with E-state index < -0.39 is 11.2 Å². The highest BCUT2D eigenvalue weighted by Crippen LogP contribution is 2.42. The minimum absolute atomic E-state index is 0.0888. The van der Waals surface area contributed by atoms with Crippen LogP contribution in [0.5, 0.6) is 0 Å². The first-order valence-corrected chi connectivity index (χ1v) is 10.4. The zero-order chi connectivity index (χ0) is 20.3. The Labute approximate surface area is 180 Å². The molecular formula is C20H15BrClN3O2S. The molecule has 3 rings (SSSR count). The summed E-state index contributed by atoms with van der Waals surface area (Å²) in [5, 5.41) is 12.4. The van der Waals surface area contributed by atoms with Crippen LogP contribution in [0.3, 0.4) is 0 Å². The number of hydrogen-bond donors (Lipinski definition) is 1. The molecule has 0 aliphatic carbocycles. The van der Waals surface area contributed by atoms with Crippen LogP contribution in [0.2, 0.25) is 5.02 Å². The lowest BCUT2D eigenvalue weighted by Crippen LogP contribution is -2.31. The third kappa shape index (κ3) is 4.25. The number of rotatable bonds is 4. The van der Waals surface area contributed by atoms with Gasteiger partial charge in [-0.1, -0.05) is 51.4 Å². The molecule has 1 N–H and O–H groups in total. The van der Waals surface area contributed by atoms with E-state index in [-0.39, 0.29) is 11.5 Å². The number of nitrogens with one attached hydrogen (secondary N) is 1.